The van der Waals surface area contributed by atoms with Gasteiger partial charge in [-0.3, -0.25) is 9.48 Å². The summed E-state index contributed by atoms with van der Waals surface area (Å²) in [5.41, 5.74) is 2.44. The van der Waals surface area contributed by atoms with Crippen LogP contribution in [0.3, 0.4) is 0 Å². The average Bonchev–Trinajstić information content (AvgIpc) is 2.50. The molecule has 0 fully saturated rings. The van der Waals surface area contributed by atoms with Gasteiger partial charge in [0.2, 0.25) is 6.41 Å². The Bertz CT molecular complexity index is 319. The van der Waals surface area contributed by atoms with Crippen LogP contribution in [0.1, 0.15) is 30.1 Å². The van der Waals surface area contributed by atoms with Crippen LogP contribution in [0.25, 0.3) is 0 Å². The van der Waals surface area contributed by atoms with Crippen molar-refractivity contribution in [2.45, 2.75) is 25.3 Å². The fourth-order valence-corrected chi connectivity index (χ4v) is 1.96. The van der Waals surface area contributed by atoms with Crippen molar-refractivity contribution in [2.75, 3.05) is 0 Å². The zero-order valence-corrected chi connectivity index (χ0v) is 7.66. The van der Waals surface area contributed by atoms with E-state index in [0.717, 1.165) is 25.7 Å². The highest BCUT2D eigenvalue weighted by molar-refractivity contribution is 5.48. The number of amides is 1. The smallest absolute Gasteiger partial charge is 0.207 e. The number of hydrogen-bond acceptors (Lipinski definition) is 2. The summed E-state index contributed by atoms with van der Waals surface area (Å²) in [4.78, 5) is 10.4. The van der Waals surface area contributed by atoms with E-state index in [1.807, 2.05) is 17.9 Å². The van der Waals surface area contributed by atoms with E-state index in [1.165, 1.54) is 11.3 Å². The van der Waals surface area contributed by atoms with Gasteiger partial charge in [0.25, 0.3) is 0 Å². The van der Waals surface area contributed by atoms with E-state index in [4.69, 9.17) is 0 Å². The van der Waals surface area contributed by atoms with Crippen LogP contribution in [0, 0.1) is 0 Å². The maximum atomic E-state index is 10.4. The first-order valence-corrected chi connectivity index (χ1v) is 4.53. The van der Waals surface area contributed by atoms with E-state index >= 15 is 0 Å². The van der Waals surface area contributed by atoms with Gasteiger partial charge in [-0.25, -0.2) is 0 Å². The van der Waals surface area contributed by atoms with E-state index < -0.39 is 0 Å². The molecule has 0 aliphatic heterocycles. The topological polar surface area (TPSA) is 46.9 Å². The number of nitrogens with one attached hydrogen (secondary N) is 1. The van der Waals surface area contributed by atoms with Gasteiger partial charge in [-0.15, -0.1) is 0 Å². The van der Waals surface area contributed by atoms with Gasteiger partial charge >= 0.3 is 0 Å². The first kappa shape index (κ1) is 8.29. The zero-order valence-electron chi connectivity index (χ0n) is 7.66. The van der Waals surface area contributed by atoms with Crippen molar-refractivity contribution >= 4 is 6.41 Å². The van der Waals surface area contributed by atoms with E-state index in [1.54, 1.807) is 0 Å². The number of fused-ring (bicyclic) bond motifs is 1. The second-order valence-electron chi connectivity index (χ2n) is 3.40. The van der Waals surface area contributed by atoms with Gasteiger partial charge in [-0.2, -0.15) is 5.10 Å². The van der Waals surface area contributed by atoms with Crippen molar-refractivity contribution in [3.05, 3.63) is 17.5 Å². The second kappa shape index (κ2) is 3.20. The van der Waals surface area contributed by atoms with E-state index in [0.29, 0.717) is 0 Å². The van der Waals surface area contributed by atoms with Gasteiger partial charge in [0.05, 0.1) is 12.2 Å². The molecule has 4 nitrogen and oxygen atoms in total. The number of carbonyl (C=O) groups excluding carboxylic acids is 1. The minimum absolute atomic E-state index is 0.176. The first-order chi connectivity index (χ1) is 6.33. The third-order valence-corrected chi connectivity index (χ3v) is 2.64. The Morgan fingerprint density at radius 3 is 3.38 bits per heavy atom. The van der Waals surface area contributed by atoms with Crippen LogP contribution >= 0.6 is 0 Å². The number of rotatable bonds is 2. The van der Waals surface area contributed by atoms with Crippen molar-refractivity contribution in [3.63, 3.8) is 0 Å². The number of aromatic nitrogens is 2. The molecular weight excluding hydrogens is 166 g/mol. The molecule has 2 rings (SSSR count). The number of hydrogen-bond donors (Lipinski definition) is 1. The molecule has 1 atom stereocenters. The van der Waals surface area contributed by atoms with E-state index in [-0.39, 0.29) is 6.04 Å². The van der Waals surface area contributed by atoms with Crippen molar-refractivity contribution < 1.29 is 4.79 Å². The highest BCUT2D eigenvalue weighted by Crippen LogP contribution is 2.28. The average molecular weight is 179 g/mol. The summed E-state index contributed by atoms with van der Waals surface area (Å²) in [6.07, 6.45) is 5.85. The van der Waals surface area contributed by atoms with Crippen molar-refractivity contribution in [1.29, 1.82) is 0 Å². The lowest BCUT2D eigenvalue weighted by Crippen LogP contribution is -2.23. The molecule has 1 amide bonds. The molecule has 0 radical (unpaired) electrons. The van der Waals surface area contributed by atoms with Crippen LogP contribution in [-0.4, -0.2) is 16.2 Å². The van der Waals surface area contributed by atoms with E-state index in [2.05, 4.69) is 10.4 Å². The molecule has 0 spiro atoms. The summed E-state index contributed by atoms with van der Waals surface area (Å²) in [6.45, 7) is 0. The van der Waals surface area contributed by atoms with Crippen LogP contribution < -0.4 is 5.32 Å². The Kier molecular flexibility index (Phi) is 2.04. The summed E-state index contributed by atoms with van der Waals surface area (Å²) >= 11 is 0. The van der Waals surface area contributed by atoms with Crippen molar-refractivity contribution in [2.24, 2.45) is 7.05 Å². The number of carbonyl (C=O) groups is 1. The number of aryl methyl sites for hydroxylation is 1. The van der Waals surface area contributed by atoms with Gasteiger partial charge < -0.3 is 5.32 Å². The molecule has 0 saturated carbocycles. The van der Waals surface area contributed by atoms with Crippen LogP contribution in [0.2, 0.25) is 0 Å². The summed E-state index contributed by atoms with van der Waals surface area (Å²) in [5.74, 6) is 0. The number of nitrogens with zero attached hydrogens (tertiary/aromatic N) is 2. The Balaban J connectivity index is 2.32. The molecule has 1 aliphatic rings. The van der Waals surface area contributed by atoms with Gasteiger partial charge in [0.15, 0.2) is 0 Å². The third-order valence-electron chi connectivity index (χ3n) is 2.64. The normalized spacial score (nSPS) is 20.8. The van der Waals surface area contributed by atoms with Crippen LogP contribution in [-0.2, 0) is 18.3 Å². The predicted molar refractivity (Wildman–Crippen MR) is 48.1 cm³/mol. The van der Waals surface area contributed by atoms with Crippen molar-refractivity contribution in [3.8, 4) is 0 Å². The lowest BCUT2D eigenvalue weighted by atomic mass is 9.93. The first-order valence-electron chi connectivity index (χ1n) is 4.53. The summed E-state index contributed by atoms with van der Waals surface area (Å²) in [6, 6.07) is 0.176. The van der Waals surface area contributed by atoms with Gasteiger partial charge in [0, 0.05) is 18.3 Å². The molecule has 0 aromatic carbocycles. The van der Waals surface area contributed by atoms with Gasteiger partial charge in [0.1, 0.15) is 0 Å². The molecule has 1 heterocycles. The molecule has 4 heteroatoms. The van der Waals surface area contributed by atoms with Gasteiger partial charge in [-0.1, -0.05) is 0 Å². The maximum Gasteiger partial charge on any atom is 0.207 e. The molecule has 1 unspecified atom stereocenters. The Labute approximate surface area is 76.9 Å². The highest BCUT2D eigenvalue weighted by Gasteiger charge is 2.22. The van der Waals surface area contributed by atoms with Gasteiger partial charge in [-0.05, 0) is 19.3 Å². The molecule has 1 aliphatic carbocycles. The molecule has 1 N–H and O–H groups in total. The molecular formula is C9H13N3O. The summed E-state index contributed by atoms with van der Waals surface area (Å²) in [7, 11) is 1.95. The maximum absolute atomic E-state index is 10.4. The van der Waals surface area contributed by atoms with E-state index in [9.17, 15) is 4.79 Å². The summed E-state index contributed by atoms with van der Waals surface area (Å²) < 4.78 is 1.90. The zero-order chi connectivity index (χ0) is 9.26. The lowest BCUT2D eigenvalue weighted by molar-refractivity contribution is -0.110. The third kappa shape index (κ3) is 1.32. The highest BCUT2D eigenvalue weighted by atomic mass is 16.1. The molecule has 70 valence electrons. The quantitative estimate of drug-likeness (QED) is 0.674. The van der Waals surface area contributed by atoms with Crippen LogP contribution in [0.15, 0.2) is 6.20 Å². The standard InChI is InChI=1S/C9H13N3O/c1-12-9-4-2-3-8(10-6-13)7(9)5-11-12/h5-6,8H,2-4H2,1H3,(H,10,13). The van der Waals surface area contributed by atoms with Crippen molar-refractivity contribution in [1.82, 2.24) is 15.1 Å². The monoisotopic (exact) mass is 179 g/mol. The minimum atomic E-state index is 0.176. The van der Waals surface area contributed by atoms with Crippen LogP contribution in [0.4, 0.5) is 0 Å². The molecule has 0 bridgehead atoms. The molecule has 0 saturated heterocycles. The fourth-order valence-electron chi connectivity index (χ4n) is 1.96. The molecule has 13 heavy (non-hydrogen) atoms. The molecule has 1 aromatic rings. The SMILES string of the molecule is Cn1ncc2c1CCCC2NC=O. The fraction of sp³-hybridized carbons (Fsp3) is 0.556. The second-order valence-corrected chi connectivity index (χ2v) is 3.40. The summed E-state index contributed by atoms with van der Waals surface area (Å²) in [5, 5.41) is 7.01. The Morgan fingerprint density at radius 2 is 2.62 bits per heavy atom. The Morgan fingerprint density at radius 1 is 1.77 bits per heavy atom. The Hall–Kier alpha value is -1.32. The minimum Gasteiger partial charge on any atom is -0.352 e. The van der Waals surface area contributed by atoms with Crippen LogP contribution in [0.5, 0.6) is 0 Å². The molecule has 1 aromatic heterocycles. The lowest BCUT2D eigenvalue weighted by Gasteiger charge is -2.21. The largest absolute Gasteiger partial charge is 0.352 e. The predicted octanol–water partition coefficient (Wildman–Crippen LogP) is 0.543.